The maximum Gasteiger partial charge on any atom is 0.250 e. The Labute approximate surface area is 115 Å². The molecule has 0 bridgehead atoms. The smallest absolute Gasteiger partial charge is 0.250 e. The second-order valence-corrected chi connectivity index (χ2v) is 5.94. The van der Waals surface area contributed by atoms with E-state index in [4.69, 9.17) is 5.73 Å². The molecule has 0 saturated heterocycles. The van der Waals surface area contributed by atoms with Gasteiger partial charge >= 0.3 is 0 Å². The van der Waals surface area contributed by atoms with Crippen LogP contribution in [0, 0.1) is 0 Å². The monoisotopic (exact) mass is 314 g/mol. The molecule has 1 rings (SSSR count). The number of guanidine groups is 1. The summed E-state index contributed by atoms with van der Waals surface area (Å²) in [5.74, 6) is 0.394. The largest absolute Gasteiger partial charge is 0.370 e. The van der Waals surface area contributed by atoms with E-state index in [0.717, 1.165) is 4.47 Å². The van der Waals surface area contributed by atoms with E-state index >= 15 is 0 Å². The number of nitrogens with one attached hydrogen (secondary N) is 1. The van der Waals surface area contributed by atoms with Crippen molar-refractivity contribution in [1.82, 2.24) is 9.88 Å². The molecule has 0 spiro atoms. The van der Waals surface area contributed by atoms with Crippen LogP contribution in [0.25, 0.3) is 0 Å². The molecule has 0 amide bonds. The lowest BCUT2D eigenvalue weighted by Gasteiger charge is -2.21. The number of hydrogen-bond donors (Lipinski definition) is 2. The summed E-state index contributed by atoms with van der Waals surface area (Å²) in [5.41, 5.74) is 5.58. The Balaban J connectivity index is 2.58. The van der Waals surface area contributed by atoms with Crippen LogP contribution in [0.4, 0.5) is 0 Å². The van der Waals surface area contributed by atoms with E-state index in [1.165, 1.54) is 6.07 Å². The fraction of sp³-hybridized carbons (Fsp3) is 0.500. The van der Waals surface area contributed by atoms with E-state index in [9.17, 15) is 4.79 Å². The number of aliphatic imine (C=N–C) groups is 1. The van der Waals surface area contributed by atoms with E-state index in [0.29, 0.717) is 19.0 Å². The summed E-state index contributed by atoms with van der Waals surface area (Å²) in [4.78, 5) is 15.7. The molecule has 0 saturated carbocycles. The topological polar surface area (TPSA) is 72.4 Å². The number of halogens is 1. The number of nitrogens with two attached hydrogens (primary N) is 1. The van der Waals surface area contributed by atoms with Gasteiger partial charge in [0.15, 0.2) is 5.96 Å². The van der Waals surface area contributed by atoms with Crippen molar-refractivity contribution >= 4 is 21.9 Å². The van der Waals surface area contributed by atoms with Crippen LogP contribution >= 0.6 is 15.9 Å². The van der Waals surface area contributed by atoms with Gasteiger partial charge in [0.2, 0.25) is 0 Å². The molecule has 0 atom stereocenters. The third-order valence-electron chi connectivity index (χ3n) is 2.07. The molecule has 0 fully saturated rings. The van der Waals surface area contributed by atoms with Crippen LogP contribution in [-0.2, 0) is 6.54 Å². The van der Waals surface area contributed by atoms with Gasteiger partial charge in [-0.2, -0.15) is 0 Å². The maximum absolute atomic E-state index is 11.5. The van der Waals surface area contributed by atoms with E-state index in [1.54, 1.807) is 16.8 Å². The van der Waals surface area contributed by atoms with Gasteiger partial charge < -0.3 is 15.6 Å². The second kappa shape index (κ2) is 6.04. The highest BCUT2D eigenvalue weighted by molar-refractivity contribution is 9.10. The molecule has 0 radical (unpaired) electrons. The highest BCUT2D eigenvalue weighted by Gasteiger charge is 2.09. The fourth-order valence-corrected chi connectivity index (χ4v) is 1.76. The fourth-order valence-electron chi connectivity index (χ4n) is 1.38. The molecule has 0 aliphatic carbocycles. The number of hydrogen-bond acceptors (Lipinski definition) is 2. The summed E-state index contributed by atoms with van der Waals surface area (Å²) >= 11 is 3.32. The van der Waals surface area contributed by atoms with Crippen LogP contribution < -0.4 is 16.6 Å². The Morgan fingerprint density at radius 2 is 2.17 bits per heavy atom. The van der Waals surface area contributed by atoms with Crippen LogP contribution in [0.15, 0.2) is 32.6 Å². The Morgan fingerprint density at radius 1 is 1.50 bits per heavy atom. The van der Waals surface area contributed by atoms with Gasteiger partial charge in [-0.25, -0.2) is 0 Å². The summed E-state index contributed by atoms with van der Waals surface area (Å²) in [6.07, 6.45) is 1.74. The van der Waals surface area contributed by atoms with Gasteiger partial charge in [-0.3, -0.25) is 9.79 Å². The third-order valence-corrected chi connectivity index (χ3v) is 2.54. The highest BCUT2D eigenvalue weighted by Crippen LogP contribution is 2.04. The molecular weight excluding hydrogens is 296 g/mol. The maximum atomic E-state index is 11.5. The van der Waals surface area contributed by atoms with Crippen molar-refractivity contribution in [1.29, 1.82) is 0 Å². The van der Waals surface area contributed by atoms with Gasteiger partial charge in [0.25, 0.3) is 5.56 Å². The molecule has 0 aliphatic heterocycles. The first kappa shape index (κ1) is 14.8. The van der Waals surface area contributed by atoms with Crippen molar-refractivity contribution < 1.29 is 0 Å². The lowest BCUT2D eigenvalue weighted by Crippen LogP contribution is -2.45. The highest BCUT2D eigenvalue weighted by atomic mass is 79.9. The summed E-state index contributed by atoms with van der Waals surface area (Å²) in [6.45, 7) is 6.99. The first-order valence-corrected chi connectivity index (χ1v) is 6.51. The molecule has 6 heteroatoms. The molecular formula is C12H19BrN4O. The van der Waals surface area contributed by atoms with Crippen LogP contribution in [0.2, 0.25) is 0 Å². The Kier molecular flexibility index (Phi) is 4.95. The zero-order chi connectivity index (χ0) is 13.8. The first-order chi connectivity index (χ1) is 8.28. The SMILES string of the molecule is CC(C)(C)NC(N)=NCCn1cc(Br)ccc1=O. The van der Waals surface area contributed by atoms with E-state index in [-0.39, 0.29) is 11.1 Å². The van der Waals surface area contributed by atoms with Crippen molar-refractivity contribution in [3.63, 3.8) is 0 Å². The third kappa shape index (κ3) is 5.35. The summed E-state index contributed by atoms with van der Waals surface area (Å²) in [7, 11) is 0. The van der Waals surface area contributed by atoms with Crippen molar-refractivity contribution in [2.75, 3.05) is 6.54 Å². The van der Waals surface area contributed by atoms with Crippen LogP contribution in [0.3, 0.4) is 0 Å². The van der Waals surface area contributed by atoms with Gasteiger partial charge in [0, 0.05) is 28.8 Å². The number of rotatable bonds is 3. The second-order valence-electron chi connectivity index (χ2n) is 5.02. The van der Waals surface area contributed by atoms with Gasteiger partial charge in [-0.05, 0) is 42.8 Å². The van der Waals surface area contributed by atoms with E-state index < -0.39 is 0 Å². The van der Waals surface area contributed by atoms with Crippen molar-refractivity contribution in [3.05, 3.63) is 33.2 Å². The molecule has 5 nitrogen and oxygen atoms in total. The summed E-state index contributed by atoms with van der Waals surface area (Å²) in [6, 6.07) is 3.24. The molecule has 3 N–H and O–H groups in total. The van der Waals surface area contributed by atoms with Gasteiger partial charge in [-0.1, -0.05) is 0 Å². The van der Waals surface area contributed by atoms with Gasteiger partial charge in [0.1, 0.15) is 0 Å². The van der Waals surface area contributed by atoms with E-state index in [2.05, 4.69) is 26.2 Å². The molecule has 0 aromatic carbocycles. The Morgan fingerprint density at radius 3 is 2.78 bits per heavy atom. The van der Waals surface area contributed by atoms with Crippen molar-refractivity contribution in [2.24, 2.45) is 10.7 Å². The minimum Gasteiger partial charge on any atom is -0.370 e. The minimum absolute atomic E-state index is 0.0456. The van der Waals surface area contributed by atoms with Crippen LogP contribution in [-0.4, -0.2) is 22.6 Å². The molecule has 1 aromatic heterocycles. The lowest BCUT2D eigenvalue weighted by atomic mass is 10.1. The lowest BCUT2D eigenvalue weighted by molar-refractivity contribution is 0.507. The molecule has 1 heterocycles. The number of nitrogens with zero attached hydrogens (tertiary/aromatic N) is 2. The molecule has 0 aliphatic rings. The molecule has 0 unspecified atom stereocenters. The Hall–Kier alpha value is -1.30. The minimum atomic E-state index is -0.111. The quantitative estimate of drug-likeness (QED) is 0.652. The predicted octanol–water partition coefficient (Wildman–Crippen LogP) is 1.31. The summed E-state index contributed by atoms with van der Waals surface area (Å²) in [5, 5.41) is 3.06. The molecule has 1 aromatic rings. The van der Waals surface area contributed by atoms with Crippen LogP contribution in [0.1, 0.15) is 20.8 Å². The Bertz CT molecular complexity index is 488. The van der Waals surface area contributed by atoms with Gasteiger partial charge in [0.05, 0.1) is 6.54 Å². The standard InChI is InChI=1S/C12H19BrN4O/c1-12(2,3)16-11(14)15-6-7-17-8-9(13)4-5-10(17)18/h4-5,8H,6-7H2,1-3H3,(H3,14,15,16). The van der Waals surface area contributed by atoms with Crippen LogP contribution in [0.5, 0.6) is 0 Å². The zero-order valence-corrected chi connectivity index (χ0v) is 12.5. The predicted molar refractivity (Wildman–Crippen MR) is 77.8 cm³/mol. The zero-order valence-electron chi connectivity index (χ0n) is 10.9. The number of pyridine rings is 1. The average molecular weight is 315 g/mol. The van der Waals surface area contributed by atoms with Crippen molar-refractivity contribution in [2.45, 2.75) is 32.9 Å². The average Bonchev–Trinajstić information content (AvgIpc) is 2.20. The first-order valence-electron chi connectivity index (χ1n) is 5.72. The molecule has 100 valence electrons. The van der Waals surface area contributed by atoms with Gasteiger partial charge in [-0.15, -0.1) is 0 Å². The normalized spacial score (nSPS) is 12.6. The number of aromatic nitrogens is 1. The van der Waals surface area contributed by atoms with Crippen molar-refractivity contribution in [3.8, 4) is 0 Å². The summed E-state index contributed by atoms with van der Waals surface area (Å²) < 4.78 is 2.46. The molecule has 18 heavy (non-hydrogen) atoms. The van der Waals surface area contributed by atoms with E-state index in [1.807, 2.05) is 20.8 Å².